The quantitative estimate of drug-likeness (QED) is 0.606. The van der Waals surface area contributed by atoms with Gasteiger partial charge in [0.05, 0.1) is 19.3 Å². The van der Waals surface area contributed by atoms with Gasteiger partial charge in [-0.2, -0.15) is 0 Å². The zero-order valence-electron chi connectivity index (χ0n) is 11.3. The van der Waals surface area contributed by atoms with Crippen LogP contribution in [-0.4, -0.2) is 59.4 Å². The summed E-state index contributed by atoms with van der Waals surface area (Å²) in [7, 11) is 0. The number of nitrogens with zero attached hydrogens (tertiary/aromatic N) is 1. The van der Waals surface area contributed by atoms with E-state index in [9.17, 15) is 4.79 Å². The number of hydrogen-bond donors (Lipinski definition) is 3. The van der Waals surface area contributed by atoms with Crippen LogP contribution in [0, 0.1) is 0 Å². The molecule has 1 amide bonds. The summed E-state index contributed by atoms with van der Waals surface area (Å²) in [6, 6.07) is 0.00466. The number of carbonyl (C=O) groups excluding carboxylic acids is 1. The fourth-order valence-corrected chi connectivity index (χ4v) is 2.49. The maximum absolute atomic E-state index is 12.1. The first-order valence-electron chi connectivity index (χ1n) is 6.95. The van der Waals surface area contributed by atoms with Crippen molar-refractivity contribution in [2.45, 2.75) is 51.1 Å². The molecule has 1 saturated carbocycles. The van der Waals surface area contributed by atoms with Gasteiger partial charge in [0.25, 0.3) is 0 Å². The van der Waals surface area contributed by atoms with Gasteiger partial charge < -0.3 is 15.5 Å². The third-order valence-electron chi connectivity index (χ3n) is 3.65. The maximum Gasteiger partial charge on any atom is 0.237 e. The van der Waals surface area contributed by atoms with Crippen molar-refractivity contribution < 1.29 is 15.0 Å². The molecule has 1 atom stereocenters. The van der Waals surface area contributed by atoms with E-state index in [0.717, 1.165) is 12.8 Å². The van der Waals surface area contributed by atoms with Crippen LogP contribution in [0.15, 0.2) is 0 Å². The molecule has 1 rings (SSSR count). The van der Waals surface area contributed by atoms with Crippen LogP contribution in [0.25, 0.3) is 0 Å². The summed E-state index contributed by atoms with van der Waals surface area (Å²) >= 11 is 0. The molecule has 0 saturated heterocycles. The zero-order valence-corrected chi connectivity index (χ0v) is 11.3. The van der Waals surface area contributed by atoms with Gasteiger partial charge in [-0.15, -0.1) is 0 Å². The van der Waals surface area contributed by atoms with Gasteiger partial charge in [-0.25, -0.2) is 0 Å². The van der Waals surface area contributed by atoms with E-state index in [1.807, 2.05) is 6.92 Å². The Kier molecular flexibility index (Phi) is 7.23. The molecule has 0 aliphatic heterocycles. The molecule has 0 aromatic heterocycles. The lowest BCUT2D eigenvalue weighted by molar-refractivity contribution is -0.127. The molecule has 1 fully saturated rings. The van der Waals surface area contributed by atoms with Gasteiger partial charge in [-0.1, -0.05) is 19.3 Å². The molecule has 1 unspecified atom stereocenters. The minimum atomic E-state index is -0.300. The second kappa shape index (κ2) is 8.45. The zero-order chi connectivity index (χ0) is 13.4. The Morgan fingerprint density at radius 3 is 2.28 bits per heavy atom. The smallest absolute Gasteiger partial charge is 0.237 e. The summed E-state index contributed by atoms with van der Waals surface area (Å²) < 4.78 is 0. The molecule has 18 heavy (non-hydrogen) atoms. The monoisotopic (exact) mass is 258 g/mol. The van der Waals surface area contributed by atoms with Crippen LogP contribution in [-0.2, 0) is 4.79 Å². The van der Waals surface area contributed by atoms with Crippen LogP contribution >= 0.6 is 0 Å². The standard InChI is InChI=1S/C13H26N2O3/c1-11(15(7-9-16)8-10-17)13(18)14-12-5-3-2-4-6-12/h11-12,16-17H,2-10H2,1H3,(H,14,18). The third kappa shape index (κ3) is 4.92. The predicted molar refractivity (Wildman–Crippen MR) is 70.2 cm³/mol. The number of hydrogen-bond acceptors (Lipinski definition) is 4. The molecular weight excluding hydrogens is 232 g/mol. The highest BCUT2D eigenvalue weighted by Gasteiger charge is 2.23. The predicted octanol–water partition coefficient (Wildman–Crippen LogP) is 0.110. The van der Waals surface area contributed by atoms with E-state index in [4.69, 9.17) is 10.2 Å². The van der Waals surface area contributed by atoms with Crippen LogP contribution < -0.4 is 5.32 Å². The molecule has 0 heterocycles. The number of aliphatic hydroxyl groups is 2. The Morgan fingerprint density at radius 1 is 1.22 bits per heavy atom. The van der Waals surface area contributed by atoms with Gasteiger partial charge in [0.2, 0.25) is 5.91 Å². The van der Waals surface area contributed by atoms with Crippen LogP contribution in [0.3, 0.4) is 0 Å². The van der Waals surface area contributed by atoms with Crippen molar-refractivity contribution in [2.75, 3.05) is 26.3 Å². The average Bonchev–Trinajstić information content (AvgIpc) is 2.39. The number of nitrogens with one attached hydrogen (secondary N) is 1. The molecule has 5 nitrogen and oxygen atoms in total. The second-order valence-corrected chi connectivity index (χ2v) is 5.00. The number of rotatable bonds is 7. The molecule has 0 spiro atoms. The summed E-state index contributed by atoms with van der Waals surface area (Å²) in [5, 5.41) is 21.0. The minimum Gasteiger partial charge on any atom is -0.395 e. The van der Waals surface area contributed by atoms with Crippen molar-refractivity contribution >= 4 is 5.91 Å². The van der Waals surface area contributed by atoms with E-state index in [-0.39, 0.29) is 25.2 Å². The summed E-state index contributed by atoms with van der Waals surface area (Å²) in [4.78, 5) is 13.9. The molecule has 1 aliphatic carbocycles. The van der Waals surface area contributed by atoms with Gasteiger partial charge in [0.15, 0.2) is 0 Å². The SMILES string of the molecule is CC(C(=O)NC1CCCCC1)N(CCO)CCO. The van der Waals surface area contributed by atoms with Crippen LogP contribution in [0.5, 0.6) is 0 Å². The lowest BCUT2D eigenvalue weighted by atomic mass is 9.95. The minimum absolute atomic E-state index is 0.00104. The molecular formula is C13H26N2O3. The van der Waals surface area contributed by atoms with Gasteiger partial charge in [0.1, 0.15) is 0 Å². The molecule has 1 aliphatic rings. The van der Waals surface area contributed by atoms with Crippen molar-refractivity contribution in [2.24, 2.45) is 0 Å². The number of amides is 1. The maximum atomic E-state index is 12.1. The summed E-state index contributed by atoms with van der Waals surface area (Å²) in [5.41, 5.74) is 0. The molecule has 3 N–H and O–H groups in total. The largest absolute Gasteiger partial charge is 0.395 e. The van der Waals surface area contributed by atoms with E-state index in [0.29, 0.717) is 19.1 Å². The highest BCUT2D eigenvalue weighted by molar-refractivity contribution is 5.81. The van der Waals surface area contributed by atoms with Gasteiger partial charge in [-0.3, -0.25) is 9.69 Å². The van der Waals surface area contributed by atoms with E-state index in [2.05, 4.69) is 5.32 Å². The summed E-state index contributed by atoms with van der Waals surface area (Å²) in [6.45, 7) is 2.66. The highest BCUT2D eigenvalue weighted by Crippen LogP contribution is 2.17. The number of aliphatic hydroxyl groups excluding tert-OH is 2. The van der Waals surface area contributed by atoms with Gasteiger partial charge >= 0.3 is 0 Å². The number of carbonyl (C=O) groups is 1. The average molecular weight is 258 g/mol. The first kappa shape index (κ1) is 15.4. The van der Waals surface area contributed by atoms with Crippen LogP contribution in [0.4, 0.5) is 0 Å². The van der Waals surface area contributed by atoms with E-state index < -0.39 is 0 Å². The third-order valence-corrected chi connectivity index (χ3v) is 3.65. The first-order chi connectivity index (χ1) is 8.69. The molecule has 0 bridgehead atoms. The molecule has 0 radical (unpaired) electrons. The Bertz CT molecular complexity index is 236. The Balaban J connectivity index is 2.41. The highest BCUT2D eigenvalue weighted by atomic mass is 16.3. The Hall–Kier alpha value is -0.650. The van der Waals surface area contributed by atoms with E-state index >= 15 is 0 Å². The fourth-order valence-electron chi connectivity index (χ4n) is 2.49. The summed E-state index contributed by atoms with van der Waals surface area (Å²) in [6.07, 6.45) is 5.78. The molecule has 0 aromatic rings. The molecule has 0 aromatic carbocycles. The van der Waals surface area contributed by atoms with Crippen molar-refractivity contribution in [3.63, 3.8) is 0 Å². The molecule has 106 valence electrons. The van der Waals surface area contributed by atoms with E-state index in [1.54, 1.807) is 4.90 Å². The van der Waals surface area contributed by atoms with Crippen molar-refractivity contribution in [1.29, 1.82) is 0 Å². The van der Waals surface area contributed by atoms with E-state index in [1.165, 1.54) is 19.3 Å². The Morgan fingerprint density at radius 2 is 1.78 bits per heavy atom. The molecule has 5 heteroatoms. The normalized spacial score (nSPS) is 18.9. The fraction of sp³-hybridized carbons (Fsp3) is 0.923. The van der Waals surface area contributed by atoms with Crippen molar-refractivity contribution in [1.82, 2.24) is 10.2 Å². The summed E-state index contributed by atoms with van der Waals surface area (Å²) in [5.74, 6) is 0.00352. The topological polar surface area (TPSA) is 72.8 Å². The lowest BCUT2D eigenvalue weighted by Crippen LogP contribution is -2.50. The lowest BCUT2D eigenvalue weighted by Gasteiger charge is -2.30. The van der Waals surface area contributed by atoms with Gasteiger partial charge in [0, 0.05) is 19.1 Å². The van der Waals surface area contributed by atoms with Crippen molar-refractivity contribution in [3.05, 3.63) is 0 Å². The second-order valence-electron chi connectivity index (χ2n) is 5.00. The van der Waals surface area contributed by atoms with Gasteiger partial charge in [-0.05, 0) is 19.8 Å². The van der Waals surface area contributed by atoms with Crippen molar-refractivity contribution in [3.8, 4) is 0 Å². The Labute approximate surface area is 109 Å². The first-order valence-corrected chi connectivity index (χ1v) is 6.95. The van der Waals surface area contributed by atoms with Crippen LogP contribution in [0.1, 0.15) is 39.0 Å². The van der Waals surface area contributed by atoms with Crippen LogP contribution in [0.2, 0.25) is 0 Å².